The molecule has 2 atom stereocenters. The predicted octanol–water partition coefficient (Wildman–Crippen LogP) is 3.87. The highest BCUT2D eigenvalue weighted by molar-refractivity contribution is 5.85. The van der Waals surface area contributed by atoms with E-state index in [4.69, 9.17) is 15.2 Å². The van der Waals surface area contributed by atoms with Crippen LogP contribution in [0.4, 0.5) is 0 Å². The summed E-state index contributed by atoms with van der Waals surface area (Å²) in [4.78, 5) is 2.41. The van der Waals surface area contributed by atoms with Crippen LogP contribution in [-0.2, 0) is 13.2 Å². The lowest BCUT2D eigenvalue weighted by Gasteiger charge is -2.18. The predicted molar refractivity (Wildman–Crippen MR) is 108 cm³/mol. The smallest absolute Gasteiger partial charge is 0.161 e. The third-order valence-corrected chi connectivity index (χ3v) is 4.70. The van der Waals surface area contributed by atoms with E-state index in [2.05, 4.69) is 36.1 Å². The van der Waals surface area contributed by atoms with Gasteiger partial charge in [0, 0.05) is 25.7 Å². The Labute approximate surface area is 162 Å². The van der Waals surface area contributed by atoms with Gasteiger partial charge < -0.3 is 15.2 Å². The van der Waals surface area contributed by atoms with E-state index in [1.807, 2.05) is 31.2 Å². The molecule has 0 spiro atoms. The van der Waals surface area contributed by atoms with Crippen molar-refractivity contribution in [3.63, 3.8) is 0 Å². The van der Waals surface area contributed by atoms with Gasteiger partial charge in [0.05, 0.1) is 6.61 Å². The van der Waals surface area contributed by atoms with Crippen LogP contribution in [0.3, 0.4) is 0 Å². The van der Waals surface area contributed by atoms with Crippen LogP contribution in [0.15, 0.2) is 48.5 Å². The second-order valence-corrected chi connectivity index (χ2v) is 6.82. The normalized spacial score (nSPS) is 19.8. The number of nitrogens with zero attached hydrogens (tertiary/aromatic N) is 1. The maximum Gasteiger partial charge on any atom is 0.161 e. The van der Waals surface area contributed by atoms with E-state index in [9.17, 15) is 0 Å². The Hall–Kier alpha value is -1.75. The first-order valence-corrected chi connectivity index (χ1v) is 9.06. The number of ether oxygens (including phenoxy) is 2. The lowest BCUT2D eigenvalue weighted by molar-refractivity contribution is 0.268. The minimum atomic E-state index is 0. The molecule has 2 aromatic carbocycles. The maximum absolute atomic E-state index is 6.13. The van der Waals surface area contributed by atoms with Crippen molar-refractivity contribution in [3.8, 4) is 11.5 Å². The summed E-state index contributed by atoms with van der Waals surface area (Å²) in [5, 5.41) is 0. The minimum absolute atomic E-state index is 0. The molecule has 142 valence electrons. The molecule has 0 saturated carbocycles. The summed E-state index contributed by atoms with van der Waals surface area (Å²) < 4.78 is 11.8. The highest BCUT2D eigenvalue weighted by Crippen LogP contribution is 2.30. The van der Waals surface area contributed by atoms with Crippen molar-refractivity contribution < 1.29 is 9.47 Å². The topological polar surface area (TPSA) is 47.7 Å². The van der Waals surface area contributed by atoms with Crippen LogP contribution in [-0.4, -0.2) is 30.6 Å². The molecule has 1 aliphatic rings. The molecule has 0 aliphatic carbocycles. The molecular weight excluding hydrogens is 348 g/mol. The van der Waals surface area contributed by atoms with Gasteiger partial charge in [0.2, 0.25) is 0 Å². The first-order chi connectivity index (χ1) is 12.2. The molecular formula is C21H29ClN2O2. The molecule has 4 nitrogen and oxygen atoms in total. The summed E-state index contributed by atoms with van der Waals surface area (Å²) in [6, 6.07) is 16.7. The number of hydrogen-bond donors (Lipinski definition) is 1. The first kappa shape index (κ1) is 20.6. The molecule has 0 aromatic heterocycles. The lowest BCUT2D eigenvalue weighted by atomic mass is 10.1. The van der Waals surface area contributed by atoms with E-state index in [1.165, 1.54) is 5.56 Å². The van der Waals surface area contributed by atoms with Gasteiger partial charge in [-0.1, -0.05) is 43.3 Å². The van der Waals surface area contributed by atoms with Crippen LogP contribution in [0.1, 0.15) is 25.0 Å². The Kier molecular flexibility index (Phi) is 7.76. The zero-order valence-corrected chi connectivity index (χ0v) is 16.4. The Morgan fingerprint density at radius 3 is 2.42 bits per heavy atom. The summed E-state index contributed by atoms with van der Waals surface area (Å²) in [5.41, 5.74) is 8.51. The molecule has 1 aliphatic heterocycles. The van der Waals surface area contributed by atoms with Gasteiger partial charge in [-0.25, -0.2) is 0 Å². The fourth-order valence-corrected chi connectivity index (χ4v) is 3.26. The fraction of sp³-hybridized carbons (Fsp3) is 0.429. The summed E-state index contributed by atoms with van der Waals surface area (Å²) in [5.74, 6) is 2.16. The van der Waals surface area contributed by atoms with E-state index in [1.54, 1.807) is 0 Å². The molecule has 26 heavy (non-hydrogen) atoms. The molecule has 0 radical (unpaired) electrons. The quantitative estimate of drug-likeness (QED) is 0.797. The number of nitrogens with two attached hydrogens (primary N) is 1. The van der Waals surface area contributed by atoms with E-state index in [0.29, 0.717) is 19.1 Å². The lowest BCUT2D eigenvalue weighted by Crippen LogP contribution is -2.28. The van der Waals surface area contributed by atoms with E-state index < -0.39 is 0 Å². The molecule has 1 heterocycles. The van der Waals surface area contributed by atoms with Gasteiger partial charge in [0.1, 0.15) is 6.61 Å². The SMILES string of the molecule is CCOc1cc(CN2CC(C)C(N)C2)ccc1OCc1ccccc1.Cl. The van der Waals surface area contributed by atoms with Gasteiger partial charge in [-0.15, -0.1) is 12.4 Å². The highest BCUT2D eigenvalue weighted by Gasteiger charge is 2.26. The summed E-state index contributed by atoms with van der Waals surface area (Å²) in [7, 11) is 0. The molecule has 1 saturated heterocycles. The minimum Gasteiger partial charge on any atom is -0.490 e. The van der Waals surface area contributed by atoms with Crippen molar-refractivity contribution in [1.29, 1.82) is 0 Å². The maximum atomic E-state index is 6.13. The average Bonchev–Trinajstić information content (AvgIpc) is 2.93. The molecule has 5 heteroatoms. The van der Waals surface area contributed by atoms with Gasteiger partial charge in [-0.2, -0.15) is 0 Å². The van der Waals surface area contributed by atoms with E-state index in [0.717, 1.165) is 36.7 Å². The Balaban J connectivity index is 0.00000243. The van der Waals surface area contributed by atoms with Crippen LogP contribution in [0.25, 0.3) is 0 Å². The fourth-order valence-electron chi connectivity index (χ4n) is 3.26. The largest absolute Gasteiger partial charge is 0.490 e. The molecule has 2 unspecified atom stereocenters. The van der Waals surface area contributed by atoms with Crippen LogP contribution >= 0.6 is 12.4 Å². The number of likely N-dealkylation sites (tertiary alicyclic amines) is 1. The van der Waals surface area contributed by atoms with Crippen molar-refractivity contribution in [3.05, 3.63) is 59.7 Å². The third kappa shape index (κ3) is 5.37. The Morgan fingerprint density at radius 1 is 1.00 bits per heavy atom. The second kappa shape index (κ2) is 9.81. The average molecular weight is 377 g/mol. The number of rotatable bonds is 7. The van der Waals surface area contributed by atoms with Crippen molar-refractivity contribution >= 4 is 12.4 Å². The number of halogens is 1. The third-order valence-electron chi connectivity index (χ3n) is 4.70. The van der Waals surface area contributed by atoms with Crippen LogP contribution in [0, 0.1) is 5.92 Å². The van der Waals surface area contributed by atoms with Crippen molar-refractivity contribution in [2.24, 2.45) is 11.7 Å². The molecule has 0 amide bonds. The zero-order chi connectivity index (χ0) is 17.6. The molecule has 2 N–H and O–H groups in total. The molecule has 3 rings (SSSR count). The molecule has 0 bridgehead atoms. The van der Waals surface area contributed by atoms with Gasteiger partial charge >= 0.3 is 0 Å². The summed E-state index contributed by atoms with van der Waals surface area (Å²) in [6.45, 7) is 8.28. The van der Waals surface area contributed by atoms with Gasteiger partial charge in [-0.3, -0.25) is 4.90 Å². The summed E-state index contributed by atoms with van der Waals surface area (Å²) >= 11 is 0. The van der Waals surface area contributed by atoms with Gasteiger partial charge in [0.25, 0.3) is 0 Å². The Morgan fingerprint density at radius 2 is 1.77 bits per heavy atom. The first-order valence-electron chi connectivity index (χ1n) is 9.06. The summed E-state index contributed by atoms with van der Waals surface area (Å²) in [6.07, 6.45) is 0. The van der Waals surface area contributed by atoms with Crippen LogP contribution in [0.2, 0.25) is 0 Å². The van der Waals surface area contributed by atoms with E-state index in [-0.39, 0.29) is 18.4 Å². The van der Waals surface area contributed by atoms with Gasteiger partial charge in [-0.05, 0) is 36.1 Å². The van der Waals surface area contributed by atoms with Gasteiger partial charge in [0.15, 0.2) is 11.5 Å². The Bertz CT molecular complexity index is 671. The van der Waals surface area contributed by atoms with E-state index >= 15 is 0 Å². The molecule has 2 aromatic rings. The zero-order valence-electron chi connectivity index (χ0n) is 15.6. The second-order valence-electron chi connectivity index (χ2n) is 6.82. The number of hydrogen-bond acceptors (Lipinski definition) is 4. The van der Waals surface area contributed by atoms with Crippen molar-refractivity contribution in [2.75, 3.05) is 19.7 Å². The van der Waals surface area contributed by atoms with Crippen LogP contribution < -0.4 is 15.2 Å². The highest BCUT2D eigenvalue weighted by atomic mass is 35.5. The van der Waals surface area contributed by atoms with Crippen LogP contribution in [0.5, 0.6) is 11.5 Å². The monoisotopic (exact) mass is 376 g/mol. The van der Waals surface area contributed by atoms with Crippen molar-refractivity contribution in [1.82, 2.24) is 4.90 Å². The molecule has 1 fully saturated rings. The van der Waals surface area contributed by atoms with Crippen molar-refractivity contribution in [2.45, 2.75) is 33.0 Å². The standard InChI is InChI=1S/C21H28N2O2.ClH/c1-3-24-21-11-18(13-23-12-16(2)19(22)14-23)9-10-20(21)25-15-17-7-5-4-6-8-17;/h4-11,16,19H,3,12-15,22H2,1-2H3;1H. The number of benzene rings is 2.